The number of Topliss-reactive ketones (excluding diaryl/α,β-unsaturated/α-hetero) is 1. The van der Waals surface area contributed by atoms with E-state index in [0.29, 0.717) is 16.4 Å². The second-order valence-corrected chi connectivity index (χ2v) is 5.67. The molecule has 110 valence electrons. The van der Waals surface area contributed by atoms with E-state index in [1.165, 1.54) is 30.6 Å². The summed E-state index contributed by atoms with van der Waals surface area (Å²) in [6, 6.07) is 8.25. The van der Waals surface area contributed by atoms with E-state index in [1.807, 2.05) is 13.0 Å². The van der Waals surface area contributed by atoms with E-state index in [-0.39, 0.29) is 18.0 Å². The quantitative estimate of drug-likeness (QED) is 0.831. The van der Waals surface area contributed by atoms with Crippen molar-refractivity contribution in [1.82, 2.24) is 0 Å². The third kappa shape index (κ3) is 3.82. The summed E-state index contributed by atoms with van der Waals surface area (Å²) in [6.45, 7) is 1.83. The number of thiophene rings is 1. The van der Waals surface area contributed by atoms with E-state index in [4.69, 9.17) is 15.2 Å². The van der Waals surface area contributed by atoms with E-state index < -0.39 is 5.91 Å². The number of hydrogen-bond acceptors (Lipinski definition) is 5. The van der Waals surface area contributed by atoms with Gasteiger partial charge in [-0.3, -0.25) is 9.59 Å². The van der Waals surface area contributed by atoms with Crippen molar-refractivity contribution in [1.29, 1.82) is 0 Å². The zero-order chi connectivity index (χ0) is 15.4. The van der Waals surface area contributed by atoms with Gasteiger partial charge in [0.15, 0.2) is 6.61 Å². The van der Waals surface area contributed by atoms with Gasteiger partial charge in [0.25, 0.3) is 0 Å². The average Bonchev–Trinajstić information content (AvgIpc) is 2.91. The Morgan fingerprint density at radius 2 is 1.90 bits per heavy atom. The largest absolute Gasteiger partial charge is 0.497 e. The number of carbonyl (C=O) groups is 2. The molecule has 1 aromatic heterocycles. The van der Waals surface area contributed by atoms with Crippen molar-refractivity contribution in [3.8, 4) is 11.5 Å². The Balaban J connectivity index is 2.10. The van der Waals surface area contributed by atoms with Gasteiger partial charge in [0.2, 0.25) is 11.7 Å². The van der Waals surface area contributed by atoms with Gasteiger partial charge in [-0.25, -0.2) is 0 Å². The summed E-state index contributed by atoms with van der Waals surface area (Å²) >= 11 is 1.42. The molecular weight excluding hydrogens is 290 g/mol. The highest BCUT2D eigenvalue weighted by molar-refractivity contribution is 7.14. The molecule has 1 amide bonds. The van der Waals surface area contributed by atoms with E-state index in [2.05, 4.69) is 0 Å². The summed E-state index contributed by atoms with van der Waals surface area (Å²) in [4.78, 5) is 24.9. The van der Waals surface area contributed by atoms with Crippen molar-refractivity contribution in [2.75, 3.05) is 13.7 Å². The van der Waals surface area contributed by atoms with Crippen LogP contribution in [-0.4, -0.2) is 25.4 Å². The van der Waals surface area contributed by atoms with Crippen molar-refractivity contribution in [2.24, 2.45) is 5.73 Å². The lowest BCUT2D eigenvalue weighted by Gasteiger charge is -2.08. The van der Waals surface area contributed by atoms with E-state index in [1.54, 1.807) is 12.1 Å². The molecule has 0 aliphatic rings. The highest BCUT2D eigenvalue weighted by atomic mass is 32.1. The zero-order valence-electron chi connectivity index (χ0n) is 11.7. The van der Waals surface area contributed by atoms with Crippen LogP contribution in [0.4, 0.5) is 0 Å². The molecule has 0 atom stereocenters. The summed E-state index contributed by atoms with van der Waals surface area (Å²) in [5.74, 6) is 0.112. The Morgan fingerprint density at radius 3 is 2.48 bits per heavy atom. The number of ether oxygens (including phenoxy) is 2. The number of carbonyl (C=O) groups excluding carboxylic acids is 2. The first-order valence-electron chi connectivity index (χ1n) is 6.21. The average molecular weight is 305 g/mol. The third-order valence-electron chi connectivity index (χ3n) is 2.79. The van der Waals surface area contributed by atoms with Crippen LogP contribution in [0.25, 0.3) is 0 Å². The number of rotatable bonds is 6. The van der Waals surface area contributed by atoms with Crippen molar-refractivity contribution in [3.63, 3.8) is 0 Å². The van der Waals surface area contributed by atoms with Crippen LogP contribution in [0.2, 0.25) is 0 Å². The minimum atomic E-state index is -0.584. The predicted octanol–water partition coefficient (Wildman–Crippen LogP) is 2.43. The second-order valence-electron chi connectivity index (χ2n) is 4.38. The molecule has 0 bridgehead atoms. The fraction of sp³-hybridized carbons (Fsp3) is 0.200. The van der Waals surface area contributed by atoms with Crippen LogP contribution >= 0.6 is 11.3 Å². The maximum Gasteiger partial charge on any atom is 0.248 e. The topological polar surface area (TPSA) is 78.6 Å². The molecule has 1 aromatic carbocycles. The number of primary amides is 1. The highest BCUT2D eigenvalue weighted by Gasteiger charge is 2.11. The first-order chi connectivity index (χ1) is 9.99. The lowest BCUT2D eigenvalue weighted by molar-refractivity contribution is 0.0925. The number of methoxy groups -OCH3 is 1. The summed E-state index contributed by atoms with van der Waals surface area (Å²) in [5.41, 5.74) is 5.51. The van der Waals surface area contributed by atoms with Crippen molar-refractivity contribution < 1.29 is 19.1 Å². The van der Waals surface area contributed by atoms with E-state index in [9.17, 15) is 9.59 Å². The van der Waals surface area contributed by atoms with Gasteiger partial charge >= 0.3 is 0 Å². The molecule has 0 saturated heterocycles. The molecule has 6 heteroatoms. The van der Waals surface area contributed by atoms with Gasteiger partial charge in [-0.15, -0.1) is 11.3 Å². The third-order valence-corrected chi connectivity index (χ3v) is 3.83. The lowest BCUT2D eigenvalue weighted by atomic mass is 10.2. The molecule has 0 radical (unpaired) electrons. The van der Waals surface area contributed by atoms with Gasteiger partial charge in [0.1, 0.15) is 11.5 Å². The van der Waals surface area contributed by atoms with Crippen LogP contribution in [0.1, 0.15) is 24.9 Å². The van der Waals surface area contributed by atoms with Gasteiger partial charge in [-0.05, 0) is 31.2 Å². The Hall–Kier alpha value is -2.34. The molecule has 1 heterocycles. The van der Waals surface area contributed by atoms with Crippen LogP contribution < -0.4 is 15.2 Å². The first kappa shape index (κ1) is 15.1. The van der Waals surface area contributed by atoms with Crippen LogP contribution in [0.15, 0.2) is 30.3 Å². The second kappa shape index (κ2) is 6.41. The molecule has 5 nitrogen and oxygen atoms in total. The van der Waals surface area contributed by atoms with Crippen molar-refractivity contribution >= 4 is 23.0 Å². The van der Waals surface area contributed by atoms with Gasteiger partial charge in [0.05, 0.1) is 12.0 Å². The van der Waals surface area contributed by atoms with Gasteiger partial charge in [-0.1, -0.05) is 0 Å². The zero-order valence-corrected chi connectivity index (χ0v) is 12.5. The fourth-order valence-electron chi connectivity index (χ4n) is 1.72. The Kier molecular flexibility index (Phi) is 4.59. The molecule has 2 rings (SSSR count). The van der Waals surface area contributed by atoms with E-state index >= 15 is 0 Å². The maximum absolute atomic E-state index is 12.0. The summed E-state index contributed by atoms with van der Waals surface area (Å²) < 4.78 is 10.5. The maximum atomic E-state index is 12.0. The monoisotopic (exact) mass is 305 g/mol. The van der Waals surface area contributed by atoms with Crippen molar-refractivity contribution in [3.05, 3.63) is 45.6 Å². The SMILES string of the molecule is COc1cc(OCC(=O)c2ccc(C)s2)cc(C(N)=O)c1. The number of aryl methyl sites for hydroxylation is 1. The van der Waals surface area contributed by atoms with Crippen LogP contribution in [0.3, 0.4) is 0 Å². The number of hydrogen-bond donors (Lipinski definition) is 1. The van der Waals surface area contributed by atoms with Gasteiger partial charge < -0.3 is 15.2 Å². The van der Waals surface area contributed by atoms with Crippen molar-refractivity contribution in [2.45, 2.75) is 6.92 Å². The smallest absolute Gasteiger partial charge is 0.248 e. The Bertz CT molecular complexity index is 678. The minimum absolute atomic E-state index is 0.106. The molecule has 0 saturated carbocycles. The molecule has 0 unspecified atom stereocenters. The first-order valence-corrected chi connectivity index (χ1v) is 7.02. The Labute approximate surface area is 126 Å². The molecule has 0 spiro atoms. The molecule has 2 aromatic rings. The Morgan fingerprint density at radius 1 is 1.19 bits per heavy atom. The fourth-order valence-corrected chi connectivity index (χ4v) is 2.51. The number of benzene rings is 1. The van der Waals surface area contributed by atoms with Gasteiger partial charge in [0, 0.05) is 16.5 Å². The molecule has 0 fully saturated rings. The number of nitrogens with two attached hydrogens (primary N) is 1. The summed E-state index contributed by atoms with van der Waals surface area (Å²) in [5, 5.41) is 0. The number of amides is 1. The predicted molar refractivity (Wildman–Crippen MR) is 80.4 cm³/mol. The summed E-state index contributed by atoms with van der Waals surface area (Å²) in [6.07, 6.45) is 0. The normalized spacial score (nSPS) is 10.2. The lowest BCUT2D eigenvalue weighted by Crippen LogP contribution is -2.13. The standard InChI is InChI=1S/C15H15NO4S/c1-9-3-4-14(21-9)13(17)8-20-12-6-10(15(16)18)5-11(7-12)19-2/h3-7H,8H2,1-2H3,(H2,16,18). The van der Waals surface area contributed by atoms with Gasteiger partial charge in [-0.2, -0.15) is 0 Å². The molecule has 0 aliphatic heterocycles. The number of ketones is 1. The van der Waals surface area contributed by atoms with Crippen LogP contribution in [0.5, 0.6) is 11.5 Å². The molecule has 0 aliphatic carbocycles. The van der Waals surface area contributed by atoms with Crippen LogP contribution in [-0.2, 0) is 0 Å². The molecule has 21 heavy (non-hydrogen) atoms. The minimum Gasteiger partial charge on any atom is -0.497 e. The highest BCUT2D eigenvalue weighted by Crippen LogP contribution is 2.23. The summed E-state index contributed by atoms with van der Waals surface area (Å²) in [7, 11) is 1.48. The molecular formula is C15H15NO4S. The van der Waals surface area contributed by atoms with Crippen LogP contribution in [0, 0.1) is 6.92 Å². The van der Waals surface area contributed by atoms with E-state index in [0.717, 1.165) is 4.88 Å². The molecule has 2 N–H and O–H groups in total.